The lowest BCUT2D eigenvalue weighted by Gasteiger charge is -2.14. The maximum atomic E-state index is 11.4. The van der Waals surface area contributed by atoms with Gasteiger partial charge in [-0.05, 0) is 24.8 Å². The topological polar surface area (TPSA) is 17.1 Å². The molecule has 0 N–H and O–H groups in total. The third kappa shape index (κ3) is 3.19. The predicted octanol–water partition coefficient (Wildman–Crippen LogP) is 3.87. The summed E-state index contributed by atoms with van der Waals surface area (Å²) in [6.07, 6.45) is 3.40. The van der Waals surface area contributed by atoms with E-state index in [2.05, 4.69) is 19.9 Å². The van der Waals surface area contributed by atoms with Gasteiger partial charge in [-0.3, -0.25) is 4.79 Å². The first-order chi connectivity index (χ1) is 7.19. The number of hydrogen-bond donors (Lipinski definition) is 0. The summed E-state index contributed by atoms with van der Waals surface area (Å²) >= 11 is 0. The Kier molecular flexibility index (Phi) is 4.54. The Labute approximate surface area is 92.5 Å². The highest BCUT2D eigenvalue weighted by Crippen LogP contribution is 2.18. The summed E-state index contributed by atoms with van der Waals surface area (Å²) in [6, 6.07) is 7.96. The van der Waals surface area contributed by atoms with Gasteiger partial charge >= 0.3 is 0 Å². The molecule has 1 aromatic rings. The molecule has 1 nitrogen and oxygen atoms in total. The van der Waals surface area contributed by atoms with E-state index in [1.165, 1.54) is 18.4 Å². The van der Waals surface area contributed by atoms with Crippen LogP contribution in [-0.4, -0.2) is 5.78 Å². The van der Waals surface area contributed by atoms with Gasteiger partial charge in [-0.15, -0.1) is 0 Å². The molecule has 15 heavy (non-hydrogen) atoms. The molecule has 0 aliphatic carbocycles. The Bertz CT molecular complexity index is 324. The smallest absolute Gasteiger partial charge is 0.160 e. The van der Waals surface area contributed by atoms with Gasteiger partial charge in [0.1, 0.15) is 0 Å². The highest BCUT2D eigenvalue weighted by atomic mass is 16.1. The van der Waals surface area contributed by atoms with Crippen LogP contribution >= 0.6 is 0 Å². The van der Waals surface area contributed by atoms with Crippen LogP contribution in [0.1, 0.15) is 49.5 Å². The molecule has 0 bridgehead atoms. The molecule has 0 amide bonds. The van der Waals surface area contributed by atoms with Crippen LogP contribution in [0.2, 0.25) is 0 Å². The van der Waals surface area contributed by atoms with E-state index in [4.69, 9.17) is 0 Å². The van der Waals surface area contributed by atoms with Crippen LogP contribution < -0.4 is 0 Å². The van der Waals surface area contributed by atoms with Crippen molar-refractivity contribution in [2.24, 2.45) is 5.92 Å². The fourth-order valence-corrected chi connectivity index (χ4v) is 1.93. The van der Waals surface area contributed by atoms with Gasteiger partial charge in [0.15, 0.2) is 5.78 Å². The minimum Gasteiger partial charge on any atom is -0.295 e. The molecule has 1 aromatic carbocycles. The molecule has 0 saturated carbocycles. The van der Waals surface area contributed by atoms with E-state index < -0.39 is 0 Å². The first-order valence-corrected chi connectivity index (χ1v) is 5.77. The van der Waals surface area contributed by atoms with Crippen molar-refractivity contribution in [3.05, 3.63) is 35.4 Å². The van der Waals surface area contributed by atoms with Crippen molar-refractivity contribution in [2.75, 3.05) is 0 Å². The zero-order valence-electron chi connectivity index (χ0n) is 9.92. The Hall–Kier alpha value is -1.11. The minimum atomic E-state index is 0.177. The van der Waals surface area contributed by atoms with Gasteiger partial charge in [-0.25, -0.2) is 0 Å². The van der Waals surface area contributed by atoms with Crippen LogP contribution in [0.5, 0.6) is 0 Å². The second-order valence-electron chi connectivity index (χ2n) is 4.10. The van der Waals surface area contributed by atoms with Gasteiger partial charge in [-0.1, -0.05) is 51.0 Å². The molecule has 82 valence electrons. The number of carbonyl (C=O) groups excluding carboxylic acids is 1. The third-order valence-electron chi connectivity index (χ3n) is 3.06. The van der Waals surface area contributed by atoms with E-state index >= 15 is 0 Å². The third-order valence-corrected chi connectivity index (χ3v) is 3.06. The van der Waals surface area contributed by atoms with Crippen molar-refractivity contribution in [3.8, 4) is 0 Å². The Balaban J connectivity index is 2.88. The number of carbonyl (C=O) groups is 1. The molecular formula is C14H20O. The summed E-state index contributed by atoms with van der Waals surface area (Å²) in [5, 5.41) is 0. The van der Waals surface area contributed by atoms with E-state index in [9.17, 15) is 4.79 Å². The molecule has 0 heterocycles. The average molecular weight is 204 g/mol. The maximum Gasteiger partial charge on any atom is 0.160 e. The van der Waals surface area contributed by atoms with Crippen LogP contribution in [0, 0.1) is 5.92 Å². The predicted molar refractivity (Wildman–Crippen MR) is 64.2 cm³/mol. The summed E-state index contributed by atoms with van der Waals surface area (Å²) in [5.74, 6) is 0.877. The van der Waals surface area contributed by atoms with E-state index in [0.29, 0.717) is 5.92 Å². The van der Waals surface area contributed by atoms with E-state index in [1.807, 2.05) is 18.2 Å². The minimum absolute atomic E-state index is 0.177. The number of hydrogen-bond acceptors (Lipinski definition) is 1. The lowest BCUT2D eigenvalue weighted by Crippen LogP contribution is -2.06. The van der Waals surface area contributed by atoms with Crippen LogP contribution in [0.15, 0.2) is 24.3 Å². The molecular weight excluding hydrogens is 184 g/mol. The lowest BCUT2D eigenvalue weighted by atomic mass is 9.91. The summed E-state index contributed by atoms with van der Waals surface area (Å²) < 4.78 is 0. The first kappa shape index (κ1) is 12.0. The first-order valence-electron chi connectivity index (χ1n) is 5.77. The van der Waals surface area contributed by atoms with Gasteiger partial charge in [0.25, 0.3) is 0 Å². The SMILES string of the molecule is CCC(CC)Cc1ccccc1C(C)=O. The van der Waals surface area contributed by atoms with Crippen LogP contribution in [-0.2, 0) is 6.42 Å². The molecule has 0 aliphatic rings. The molecule has 0 aromatic heterocycles. The molecule has 0 unspecified atom stereocenters. The molecule has 1 rings (SSSR count). The van der Waals surface area contributed by atoms with E-state index in [0.717, 1.165) is 12.0 Å². The van der Waals surface area contributed by atoms with Gasteiger partial charge in [0.2, 0.25) is 0 Å². The molecule has 0 atom stereocenters. The van der Waals surface area contributed by atoms with Gasteiger partial charge < -0.3 is 0 Å². The summed E-state index contributed by atoms with van der Waals surface area (Å²) in [7, 11) is 0. The van der Waals surface area contributed by atoms with Crippen molar-refractivity contribution in [3.63, 3.8) is 0 Å². The number of benzene rings is 1. The van der Waals surface area contributed by atoms with Gasteiger partial charge in [0.05, 0.1) is 0 Å². The fraction of sp³-hybridized carbons (Fsp3) is 0.500. The summed E-state index contributed by atoms with van der Waals surface area (Å²) in [4.78, 5) is 11.4. The van der Waals surface area contributed by atoms with Crippen molar-refractivity contribution in [1.82, 2.24) is 0 Å². The van der Waals surface area contributed by atoms with Gasteiger partial charge in [-0.2, -0.15) is 0 Å². The molecule has 0 spiro atoms. The molecule has 0 fully saturated rings. The highest BCUT2D eigenvalue weighted by molar-refractivity contribution is 5.95. The van der Waals surface area contributed by atoms with Crippen molar-refractivity contribution in [1.29, 1.82) is 0 Å². The Morgan fingerprint density at radius 2 is 1.80 bits per heavy atom. The number of Topliss-reactive ketones (excluding diaryl/α,β-unsaturated/α-hetero) is 1. The zero-order valence-corrected chi connectivity index (χ0v) is 9.92. The summed E-state index contributed by atoms with van der Waals surface area (Å²) in [5.41, 5.74) is 2.10. The molecule has 0 radical (unpaired) electrons. The standard InChI is InChI=1S/C14H20O/c1-4-12(5-2)10-13-8-6-7-9-14(13)11(3)15/h6-9,12H,4-5,10H2,1-3H3. The second-order valence-corrected chi connectivity index (χ2v) is 4.10. The van der Waals surface area contributed by atoms with Crippen molar-refractivity contribution < 1.29 is 4.79 Å². The Morgan fingerprint density at radius 1 is 1.20 bits per heavy atom. The van der Waals surface area contributed by atoms with Crippen LogP contribution in [0.3, 0.4) is 0 Å². The number of ketones is 1. The van der Waals surface area contributed by atoms with Gasteiger partial charge in [0, 0.05) is 5.56 Å². The molecule has 0 saturated heterocycles. The maximum absolute atomic E-state index is 11.4. The largest absolute Gasteiger partial charge is 0.295 e. The number of rotatable bonds is 5. The average Bonchev–Trinajstić information content (AvgIpc) is 2.26. The summed E-state index contributed by atoms with van der Waals surface area (Å²) in [6.45, 7) is 6.07. The fourth-order valence-electron chi connectivity index (χ4n) is 1.93. The van der Waals surface area contributed by atoms with Crippen LogP contribution in [0.4, 0.5) is 0 Å². The zero-order chi connectivity index (χ0) is 11.3. The monoisotopic (exact) mass is 204 g/mol. The Morgan fingerprint density at radius 3 is 2.33 bits per heavy atom. The normalized spacial score (nSPS) is 10.7. The quantitative estimate of drug-likeness (QED) is 0.665. The van der Waals surface area contributed by atoms with E-state index in [-0.39, 0.29) is 5.78 Å². The highest BCUT2D eigenvalue weighted by Gasteiger charge is 2.10. The van der Waals surface area contributed by atoms with Crippen LogP contribution in [0.25, 0.3) is 0 Å². The van der Waals surface area contributed by atoms with Crippen molar-refractivity contribution >= 4 is 5.78 Å². The second kappa shape index (κ2) is 5.69. The lowest BCUT2D eigenvalue weighted by molar-refractivity contribution is 0.101. The van der Waals surface area contributed by atoms with E-state index in [1.54, 1.807) is 6.92 Å². The van der Waals surface area contributed by atoms with Crippen molar-refractivity contribution in [2.45, 2.75) is 40.0 Å². The molecule has 1 heteroatoms. The molecule has 0 aliphatic heterocycles.